The molecule has 1 aromatic heterocycles. The van der Waals surface area contributed by atoms with Crippen LogP contribution in [-0.2, 0) is 22.4 Å². The number of thioether (sulfide) groups is 1. The number of carbonyl (C=O) groups is 3. The Kier molecular flexibility index (Phi) is 9.44. The summed E-state index contributed by atoms with van der Waals surface area (Å²) in [4.78, 5) is 41.4. The van der Waals surface area contributed by atoms with E-state index in [4.69, 9.17) is 16.3 Å². The summed E-state index contributed by atoms with van der Waals surface area (Å²) >= 11 is 8.89. The second-order valence-corrected chi connectivity index (χ2v) is 12.4. The smallest absolute Gasteiger partial charge is 0.341 e. The SMILES string of the molecule is COC(=O)c1c(NC(=O)C(Sc2cccc(NC(=O)c3cccc(Cl)c3)c2)c2ccccc2)sc2c1CCCCC2. The lowest BCUT2D eigenvalue weighted by Gasteiger charge is -2.18. The number of benzene rings is 3. The molecular weight excluding hydrogens is 576 g/mol. The first-order valence-corrected chi connectivity index (χ1v) is 15.4. The quantitative estimate of drug-likeness (QED) is 0.120. The lowest BCUT2D eigenvalue weighted by Crippen LogP contribution is -2.20. The Hall–Kier alpha value is -3.59. The number of esters is 1. The molecule has 210 valence electrons. The number of halogens is 1. The number of amides is 2. The monoisotopic (exact) mass is 604 g/mol. The zero-order valence-corrected chi connectivity index (χ0v) is 24.8. The van der Waals surface area contributed by atoms with E-state index in [-0.39, 0.29) is 11.8 Å². The summed E-state index contributed by atoms with van der Waals surface area (Å²) in [5.41, 5.74) is 3.35. The summed E-state index contributed by atoms with van der Waals surface area (Å²) < 4.78 is 5.12. The van der Waals surface area contributed by atoms with E-state index in [9.17, 15) is 14.4 Å². The van der Waals surface area contributed by atoms with E-state index in [1.54, 1.807) is 30.3 Å². The number of carbonyl (C=O) groups excluding carboxylic acids is 3. The molecule has 0 aliphatic heterocycles. The first-order chi connectivity index (χ1) is 19.9. The van der Waals surface area contributed by atoms with Crippen LogP contribution in [0.25, 0.3) is 0 Å². The number of nitrogens with one attached hydrogen (secondary N) is 2. The predicted octanol–water partition coefficient (Wildman–Crippen LogP) is 8.18. The molecule has 1 aliphatic rings. The van der Waals surface area contributed by atoms with Gasteiger partial charge >= 0.3 is 5.97 Å². The summed E-state index contributed by atoms with van der Waals surface area (Å²) in [5.74, 6) is -0.942. The number of ether oxygens (including phenoxy) is 1. The van der Waals surface area contributed by atoms with Gasteiger partial charge in [0.15, 0.2) is 0 Å². The topological polar surface area (TPSA) is 84.5 Å². The molecule has 0 radical (unpaired) electrons. The lowest BCUT2D eigenvalue weighted by atomic mass is 10.1. The van der Waals surface area contributed by atoms with Gasteiger partial charge in [-0.1, -0.05) is 60.5 Å². The van der Waals surface area contributed by atoms with Gasteiger partial charge in [-0.15, -0.1) is 23.1 Å². The van der Waals surface area contributed by atoms with E-state index in [1.165, 1.54) is 30.2 Å². The molecule has 0 bridgehead atoms. The fourth-order valence-electron chi connectivity index (χ4n) is 4.84. The van der Waals surface area contributed by atoms with Gasteiger partial charge in [-0.25, -0.2) is 4.79 Å². The summed E-state index contributed by atoms with van der Waals surface area (Å²) in [6.07, 6.45) is 4.89. The molecule has 5 rings (SSSR count). The van der Waals surface area contributed by atoms with Crippen molar-refractivity contribution in [1.29, 1.82) is 0 Å². The lowest BCUT2D eigenvalue weighted by molar-refractivity contribution is -0.115. The number of anilines is 2. The van der Waals surface area contributed by atoms with Crippen molar-refractivity contribution in [2.24, 2.45) is 0 Å². The van der Waals surface area contributed by atoms with E-state index in [0.29, 0.717) is 26.8 Å². The normalized spacial score (nSPS) is 13.4. The summed E-state index contributed by atoms with van der Waals surface area (Å²) in [5, 5.41) is 6.39. The Morgan fingerprint density at radius 3 is 2.46 bits per heavy atom. The van der Waals surface area contributed by atoms with E-state index in [1.807, 2.05) is 48.5 Å². The van der Waals surface area contributed by atoms with Crippen LogP contribution >= 0.6 is 34.7 Å². The fraction of sp³-hybridized carbons (Fsp3) is 0.219. The number of thiophene rings is 1. The van der Waals surface area contributed by atoms with Gasteiger partial charge < -0.3 is 15.4 Å². The van der Waals surface area contributed by atoms with Crippen molar-refractivity contribution >= 4 is 63.2 Å². The molecular formula is C32H29ClN2O4S2. The third-order valence-electron chi connectivity index (χ3n) is 6.82. The average molecular weight is 605 g/mol. The number of hydrogen-bond acceptors (Lipinski definition) is 6. The van der Waals surface area contributed by atoms with Gasteiger partial charge in [0.25, 0.3) is 5.91 Å². The third-order valence-corrected chi connectivity index (χ3v) is 9.51. The molecule has 2 N–H and O–H groups in total. The van der Waals surface area contributed by atoms with Crippen LogP contribution in [0.5, 0.6) is 0 Å². The van der Waals surface area contributed by atoms with Crippen molar-refractivity contribution in [2.45, 2.75) is 42.2 Å². The van der Waals surface area contributed by atoms with E-state index in [2.05, 4.69) is 10.6 Å². The molecule has 0 saturated heterocycles. The standard InChI is InChI=1S/C32H29ClN2O4S2/c1-39-32(38)27-25-16-6-3-7-17-26(25)41-31(27)35-30(37)28(20-10-4-2-5-11-20)40-24-15-9-14-23(19-24)34-29(36)21-12-8-13-22(33)18-21/h2,4-5,8-15,18-19,28H,3,6-7,16-17H2,1H3,(H,34,36)(H,35,37). The van der Waals surface area contributed by atoms with Crippen molar-refractivity contribution < 1.29 is 19.1 Å². The zero-order valence-electron chi connectivity index (χ0n) is 22.4. The Morgan fingerprint density at radius 1 is 0.902 bits per heavy atom. The van der Waals surface area contributed by atoms with Crippen molar-refractivity contribution in [2.75, 3.05) is 17.7 Å². The number of rotatable bonds is 8. The van der Waals surface area contributed by atoms with Gasteiger partial charge in [0.2, 0.25) is 5.91 Å². The summed E-state index contributed by atoms with van der Waals surface area (Å²) in [6.45, 7) is 0. The van der Waals surface area contributed by atoms with Crippen molar-refractivity contribution in [1.82, 2.24) is 0 Å². The van der Waals surface area contributed by atoms with Crippen molar-refractivity contribution in [3.8, 4) is 0 Å². The molecule has 1 heterocycles. The Balaban J connectivity index is 1.40. The van der Waals surface area contributed by atoms with Crippen LogP contribution in [0.4, 0.5) is 10.7 Å². The molecule has 4 aromatic rings. The van der Waals surface area contributed by atoms with E-state index in [0.717, 1.165) is 53.0 Å². The zero-order chi connectivity index (χ0) is 28.8. The molecule has 3 aromatic carbocycles. The van der Waals surface area contributed by atoms with Crippen LogP contribution in [0, 0.1) is 0 Å². The second-order valence-electron chi connectivity index (χ2n) is 9.65. The van der Waals surface area contributed by atoms with Crippen LogP contribution in [0.3, 0.4) is 0 Å². The Morgan fingerprint density at radius 2 is 1.68 bits per heavy atom. The molecule has 0 fully saturated rings. The Labute approximate surface area is 252 Å². The molecule has 0 spiro atoms. The molecule has 9 heteroatoms. The molecule has 1 atom stereocenters. The van der Waals surface area contributed by atoms with Gasteiger partial charge in [-0.3, -0.25) is 9.59 Å². The predicted molar refractivity (Wildman–Crippen MR) is 166 cm³/mol. The molecule has 1 unspecified atom stereocenters. The van der Waals surface area contributed by atoms with Crippen LogP contribution < -0.4 is 10.6 Å². The molecule has 6 nitrogen and oxygen atoms in total. The van der Waals surface area contributed by atoms with Crippen LogP contribution in [-0.4, -0.2) is 24.9 Å². The van der Waals surface area contributed by atoms with Crippen LogP contribution in [0.2, 0.25) is 5.02 Å². The highest BCUT2D eigenvalue weighted by atomic mass is 35.5. The Bertz CT molecular complexity index is 1570. The molecule has 2 amide bonds. The minimum Gasteiger partial charge on any atom is -0.465 e. The first-order valence-electron chi connectivity index (χ1n) is 13.3. The maximum Gasteiger partial charge on any atom is 0.341 e. The largest absolute Gasteiger partial charge is 0.465 e. The highest BCUT2D eigenvalue weighted by Crippen LogP contribution is 2.41. The van der Waals surface area contributed by atoms with E-state index < -0.39 is 11.2 Å². The van der Waals surface area contributed by atoms with Gasteiger partial charge in [-0.05, 0) is 73.2 Å². The minimum atomic E-state index is -0.609. The average Bonchev–Trinajstić information content (AvgIpc) is 3.15. The first kappa shape index (κ1) is 28.9. The highest BCUT2D eigenvalue weighted by molar-refractivity contribution is 8.00. The molecule has 1 aliphatic carbocycles. The van der Waals surface area contributed by atoms with E-state index >= 15 is 0 Å². The maximum atomic E-state index is 13.9. The van der Waals surface area contributed by atoms with Crippen LogP contribution in [0.1, 0.15) is 61.2 Å². The number of aryl methyl sites for hydroxylation is 1. The van der Waals surface area contributed by atoms with Gasteiger partial charge in [0.05, 0.1) is 12.7 Å². The summed E-state index contributed by atoms with van der Waals surface area (Å²) in [7, 11) is 1.37. The minimum absolute atomic E-state index is 0.240. The third kappa shape index (κ3) is 7.01. The number of fused-ring (bicyclic) bond motifs is 1. The van der Waals surface area contributed by atoms with Gasteiger partial charge in [-0.2, -0.15) is 0 Å². The van der Waals surface area contributed by atoms with Crippen molar-refractivity contribution in [3.05, 3.63) is 111 Å². The van der Waals surface area contributed by atoms with Crippen molar-refractivity contribution in [3.63, 3.8) is 0 Å². The second kappa shape index (κ2) is 13.4. The van der Waals surface area contributed by atoms with Gasteiger partial charge in [0.1, 0.15) is 10.3 Å². The molecule has 41 heavy (non-hydrogen) atoms. The maximum absolute atomic E-state index is 13.9. The molecule has 0 saturated carbocycles. The summed E-state index contributed by atoms with van der Waals surface area (Å²) in [6, 6.07) is 23.6. The van der Waals surface area contributed by atoms with Crippen LogP contribution in [0.15, 0.2) is 83.8 Å². The fourth-order valence-corrected chi connectivity index (χ4v) is 7.40. The number of hydrogen-bond donors (Lipinski definition) is 2. The highest BCUT2D eigenvalue weighted by Gasteiger charge is 2.29. The van der Waals surface area contributed by atoms with Gasteiger partial charge in [0, 0.05) is 26.0 Å². The number of methoxy groups -OCH3 is 1.